The molecule has 1 saturated carbocycles. The summed E-state index contributed by atoms with van der Waals surface area (Å²) in [5.41, 5.74) is -0.784. The molecule has 0 aromatic heterocycles. The zero-order valence-corrected chi connectivity index (χ0v) is 13.8. The molecule has 2 fully saturated rings. The molecule has 124 valence electrons. The minimum absolute atomic E-state index is 0.173. The van der Waals surface area contributed by atoms with E-state index in [4.69, 9.17) is 9.47 Å². The maximum atomic E-state index is 12.5. The molecule has 3 unspecified atom stereocenters. The number of hydrogen-bond donors (Lipinski definition) is 1. The Balaban J connectivity index is 1.78. The van der Waals surface area contributed by atoms with Gasteiger partial charge in [0.15, 0.2) is 0 Å². The molecule has 1 aliphatic carbocycles. The molecule has 0 spiro atoms. The van der Waals surface area contributed by atoms with E-state index in [-0.39, 0.29) is 12.0 Å². The smallest absolute Gasteiger partial charge is 0.235 e. The highest BCUT2D eigenvalue weighted by molar-refractivity contribution is 5.92. The molecule has 1 N–H and O–H groups in total. The van der Waals surface area contributed by atoms with Crippen molar-refractivity contribution in [3.05, 3.63) is 35.9 Å². The third-order valence-electron chi connectivity index (χ3n) is 5.43. The van der Waals surface area contributed by atoms with Gasteiger partial charge in [0.2, 0.25) is 12.3 Å². The van der Waals surface area contributed by atoms with E-state index in [1.54, 1.807) is 0 Å². The molecule has 1 heterocycles. The van der Waals surface area contributed by atoms with Crippen molar-refractivity contribution in [2.75, 3.05) is 0 Å². The summed E-state index contributed by atoms with van der Waals surface area (Å²) in [5, 5.41) is 2.32. The fraction of sp³-hybridized carbons (Fsp3) is 0.556. The highest BCUT2D eigenvalue weighted by atomic mass is 16.6. The van der Waals surface area contributed by atoms with E-state index in [9.17, 15) is 9.59 Å². The second-order valence-electron chi connectivity index (χ2n) is 7.26. The van der Waals surface area contributed by atoms with E-state index in [2.05, 4.69) is 5.32 Å². The Kier molecular flexibility index (Phi) is 3.81. The Bertz CT molecular complexity index is 615. The number of carbonyl (C=O) groups excluding carboxylic acids is 2. The Morgan fingerprint density at radius 2 is 2.04 bits per heavy atom. The highest BCUT2D eigenvalue weighted by Gasteiger charge is 2.71. The first-order valence-corrected chi connectivity index (χ1v) is 7.93. The first-order chi connectivity index (χ1) is 10.8. The molecule has 23 heavy (non-hydrogen) atoms. The molecule has 3 rings (SSSR count). The standard InChI is InChI=1S/C18H23NO4/c1-16(2)18(15(21)19-12-20)9-14(17(3,11-18)23-16)22-10-13-7-5-4-6-8-13/h4-8,12,14H,9-11H2,1-3H3,(H,19,20,21). The van der Waals surface area contributed by atoms with Crippen LogP contribution < -0.4 is 5.32 Å². The second kappa shape index (κ2) is 5.42. The van der Waals surface area contributed by atoms with Crippen LogP contribution in [0.3, 0.4) is 0 Å². The van der Waals surface area contributed by atoms with Gasteiger partial charge in [0, 0.05) is 0 Å². The van der Waals surface area contributed by atoms with Crippen molar-refractivity contribution in [3.63, 3.8) is 0 Å². The van der Waals surface area contributed by atoms with Gasteiger partial charge >= 0.3 is 0 Å². The molecule has 2 bridgehead atoms. The van der Waals surface area contributed by atoms with E-state index >= 15 is 0 Å². The van der Waals surface area contributed by atoms with E-state index < -0.39 is 16.6 Å². The summed E-state index contributed by atoms with van der Waals surface area (Å²) in [6.07, 6.45) is 1.39. The zero-order valence-electron chi connectivity index (χ0n) is 13.8. The zero-order chi connectivity index (χ0) is 16.7. The summed E-state index contributed by atoms with van der Waals surface area (Å²) >= 11 is 0. The van der Waals surface area contributed by atoms with Crippen molar-refractivity contribution in [1.82, 2.24) is 5.32 Å². The van der Waals surface area contributed by atoms with Crippen LogP contribution in [0.25, 0.3) is 0 Å². The molecule has 1 aliphatic heterocycles. The van der Waals surface area contributed by atoms with Gasteiger partial charge in [-0.15, -0.1) is 0 Å². The quantitative estimate of drug-likeness (QED) is 0.846. The van der Waals surface area contributed by atoms with Crippen LogP contribution in [0.2, 0.25) is 0 Å². The van der Waals surface area contributed by atoms with Crippen LogP contribution in [0.5, 0.6) is 0 Å². The van der Waals surface area contributed by atoms with Crippen LogP contribution in [0.4, 0.5) is 0 Å². The van der Waals surface area contributed by atoms with E-state index in [1.165, 1.54) is 0 Å². The summed E-state index contributed by atoms with van der Waals surface area (Å²) in [4.78, 5) is 23.2. The summed E-state index contributed by atoms with van der Waals surface area (Å²) in [6, 6.07) is 9.93. The number of rotatable bonds is 5. The van der Waals surface area contributed by atoms with Crippen LogP contribution in [0.1, 0.15) is 39.2 Å². The Morgan fingerprint density at radius 3 is 2.70 bits per heavy atom. The molecule has 5 nitrogen and oxygen atoms in total. The monoisotopic (exact) mass is 317 g/mol. The molecule has 5 heteroatoms. The number of benzene rings is 1. The Morgan fingerprint density at radius 1 is 1.35 bits per heavy atom. The number of carbonyl (C=O) groups is 2. The molecule has 3 atom stereocenters. The van der Waals surface area contributed by atoms with Crippen LogP contribution in [0.15, 0.2) is 30.3 Å². The maximum Gasteiger partial charge on any atom is 0.235 e. The summed E-state index contributed by atoms with van der Waals surface area (Å²) in [6.45, 7) is 6.30. The van der Waals surface area contributed by atoms with Crippen molar-refractivity contribution in [2.45, 2.75) is 57.5 Å². The predicted octanol–water partition coefficient (Wildman–Crippen LogP) is 2.19. The predicted molar refractivity (Wildman–Crippen MR) is 84.5 cm³/mol. The van der Waals surface area contributed by atoms with Gasteiger partial charge < -0.3 is 9.47 Å². The summed E-state index contributed by atoms with van der Waals surface area (Å²) < 4.78 is 12.3. The Hall–Kier alpha value is -1.72. The number of fused-ring (bicyclic) bond motifs is 2. The largest absolute Gasteiger partial charge is 0.371 e. The SMILES string of the molecule is CC12CC(C(=O)NC=O)(CC1OCc1ccccc1)C(C)(C)O2. The van der Waals surface area contributed by atoms with Crippen molar-refractivity contribution < 1.29 is 19.1 Å². The van der Waals surface area contributed by atoms with Crippen molar-refractivity contribution in [1.29, 1.82) is 0 Å². The third-order valence-corrected chi connectivity index (χ3v) is 5.43. The minimum Gasteiger partial charge on any atom is -0.371 e. The van der Waals surface area contributed by atoms with Crippen LogP contribution in [-0.4, -0.2) is 29.6 Å². The average molecular weight is 317 g/mol. The number of nitrogens with one attached hydrogen (secondary N) is 1. The number of hydrogen-bond acceptors (Lipinski definition) is 4. The molecule has 2 amide bonds. The van der Waals surface area contributed by atoms with E-state index in [0.717, 1.165) is 5.56 Å². The normalized spacial score (nSPS) is 34.3. The molecule has 1 saturated heterocycles. The molecule has 1 aromatic rings. The van der Waals surface area contributed by atoms with Crippen molar-refractivity contribution >= 4 is 12.3 Å². The van der Waals surface area contributed by atoms with Crippen molar-refractivity contribution in [2.24, 2.45) is 5.41 Å². The van der Waals surface area contributed by atoms with Crippen LogP contribution in [0, 0.1) is 5.41 Å². The minimum atomic E-state index is -0.732. The second-order valence-corrected chi connectivity index (χ2v) is 7.26. The molecule has 2 aliphatic rings. The molecular weight excluding hydrogens is 294 g/mol. The first kappa shape index (κ1) is 16.1. The van der Waals surface area contributed by atoms with Gasteiger partial charge in [-0.2, -0.15) is 0 Å². The Labute approximate surface area is 136 Å². The van der Waals surface area contributed by atoms with E-state index in [0.29, 0.717) is 25.9 Å². The van der Waals surface area contributed by atoms with Crippen LogP contribution in [-0.2, 0) is 25.7 Å². The fourth-order valence-corrected chi connectivity index (χ4v) is 4.20. The lowest BCUT2D eigenvalue weighted by atomic mass is 9.72. The van der Waals surface area contributed by atoms with Crippen molar-refractivity contribution in [3.8, 4) is 0 Å². The lowest BCUT2D eigenvalue weighted by Crippen LogP contribution is -2.55. The van der Waals surface area contributed by atoms with Crippen LogP contribution >= 0.6 is 0 Å². The van der Waals surface area contributed by atoms with Gasteiger partial charge in [-0.25, -0.2) is 0 Å². The van der Waals surface area contributed by atoms with E-state index in [1.807, 2.05) is 51.1 Å². The lowest BCUT2D eigenvalue weighted by Gasteiger charge is -2.44. The van der Waals surface area contributed by atoms with Gasteiger partial charge in [-0.3, -0.25) is 14.9 Å². The average Bonchev–Trinajstić information content (AvgIpc) is 2.91. The number of imide groups is 1. The van der Waals surface area contributed by atoms with Gasteiger partial charge in [0.25, 0.3) is 0 Å². The highest BCUT2D eigenvalue weighted by Crippen LogP contribution is 2.62. The molecule has 1 aromatic carbocycles. The van der Waals surface area contributed by atoms with Gasteiger partial charge in [-0.1, -0.05) is 30.3 Å². The van der Waals surface area contributed by atoms with Gasteiger partial charge in [-0.05, 0) is 39.2 Å². The molecular formula is C18H23NO4. The fourth-order valence-electron chi connectivity index (χ4n) is 4.20. The van der Waals surface area contributed by atoms with Gasteiger partial charge in [0.05, 0.1) is 29.3 Å². The van der Waals surface area contributed by atoms with Gasteiger partial charge in [0.1, 0.15) is 0 Å². The topological polar surface area (TPSA) is 64.6 Å². The first-order valence-electron chi connectivity index (χ1n) is 7.93. The third kappa shape index (κ3) is 2.48. The molecule has 0 radical (unpaired) electrons. The maximum absolute atomic E-state index is 12.5. The number of ether oxygens (including phenoxy) is 2. The lowest BCUT2D eigenvalue weighted by molar-refractivity contribution is -0.203. The summed E-state index contributed by atoms with van der Waals surface area (Å²) in [7, 11) is 0. The summed E-state index contributed by atoms with van der Waals surface area (Å²) in [5.74, 6) is -0.271. The number of amides is 2.